The van der Waals surface area contributed by atoms with E-state index in [1.165, 1.54) is 23.9 Å². The molecule has 0 bridgehead atoms. The summed E-state index contributed by atoms with van der Waals surface area (Å²) >= 11 is 2.79. The third-order valence-electron chi connectivity index (χ3n) is 3.71. The van der Waals surface area contributed by atoms with E-state index in [1.807, 2.05) is 29.1 Å². The van der Waals surface area contributed by atoms with Gasteiger partial charge in [0.25, 0.3) is 0 Å². The lowest BCUT2D eigenvalue weighted by Crippen LogP contribution is -2.25. The third-order valence-corrected chi connectivity index (χ3v) is 5.59. The topological polar surface area (TPSA) is 59.8 Å². The highest BCUT2D eigenvalue weighted by Gasteiger charge is 2.30. The van der Waals surface area contributed by atoms with Gasteiger partial charge in [-0.2, -0.15) is 13.2 Å². The fourth-order valence-corrected chi connectivity index (χ4v) is 3.79. The lowest BCUT2D eigenvalue weighted by molar-refractivity contribution is -0.137. The van der Waals surface area contributed by atoms with Crippen LogP contribution in [0.5, 0.6) is 0 Å². The molecule has 150 valence electrons. The van der Waals surface area contributed by atoms with E-state index in [0.717, 1.165) is 22.8 Å². The number of hydrogen-bond donors (Lipinski definition) is 1. The molecule has 0 unspecified atom stereocenters. The minimum Gasteiger partial charge on any atom is -0.344 e. The highest BCUT2D eigenvalue weighted by atomic mass is 32.2. The molecule has 1 N–H and O–H groups in total. The van der Waals surface area contributed by atoms with Gasteiger partial charge in [0.2, 0.25) is 5.91 Å². The number of carbonyl (C=O) groups is 1. The zero-order valence-corrected chi connectivity index (χ0v) is 16.8. The van der Waals surface area contributed by atoms with E-state index in [0.29, 0.717) is 5.16 Å². The van der Waals surface area contributed by atoms with Gasteiger partial charge in [-0.3, -0.25) is 4.79 Å². The summed E-state index contributed by atoms with van der Waals surface area (Å²) in [5.74, 6) is 5.87. The molecule has 10 heteroatoms. The molecule has 0 atom stereocenters. The summed E-state index contributed by atoms with van der Waals surface area (Å²) in [6, 6.07) is 8.62. The molecule has 0 saturated carbocycles. The van der Waals surface area contributed by atoms with Crippen molar-refractivity contribution in [2.75, 3.05) is 12.3 Å². The summed E-state index contributed by atoms with van der Waals surface area (Å²) in [7, 11) is 1.83. The summed E-state index contributed by atoms with van der Waals surface area (Å²) in [4.78, 5) is 12.9. The molecule has 1 aromatic carbocycles. The Labute approximate surface area is 173 Å². The van der Waals surface area contributed by atoms with Crippen LogP contribution in [0, 0.1) is 11.8 Å². The molecule has 5 nitrogen and oxygen atoms in total. The van der Waals surface area contributed by atoms with Crippen LogP contribution < -0.4 is 5.32 Å². The van der Waals surface area contributed by atoms with Gasteiger partial charge in [-0.25, -0.2) is 0 Å². The van der Waals surface area contributed by atoms with Crippen LogP contribution in [0.25, 0.3) is 10.7 Å². The summed E-state index contributed by atoms with van der Waals surface area (Å²) in [6.07, 6.45) is -4.41. The maximum Gasteiger partial charge on any atom is 0.416 e. The number of nitrogens with one attached hydrogen (secondary N) is 1. The number of halogens is 3. The normalized spacial score (nSPS) is 11.0. The summed E-state index contributed by atoms with van der Waals surface area (Å²) in [5, 5.41) is 13.4. The summed E-state index contributed by atoms with van der Waals surface area (Å²) in [6.45, 7) is 0.0366. The standard InChI is InChI=1S/C19H15F3N4OS2/c1-26-17(15-8-4-10-28-15)24-25-18(26)29-12-16(27)23-9-3-6-13-5-2-7-14(11-13)19(20,21)22/h2,4-5,7-8,10-11H,9,12H2,1H3,(H,23,27). The number of hydrogen-bond acceptors (Lipinski definition) is 5. The van der Waals surface area contributed by atoms with E-state index in [4.69, 9.17) is 0 Å². The maximum absolute atomic E-state index is 12.7. The molecule has 0 fully saturated rings. The average molecular weight is 436 g/mol. The van der Waals surface area contributed by atoms with Crippen LogP contribution in [0.3, 0.4) is 0 Å². The lowest BCUT2D eigenvalue weighted by atomic mass is 10.1. The largest absolute Gasteiger partial charge is 0.416 e. The van der Waals surface area contributed by atoms with Crippen LogP contribution in [0.2, 0.25) is 0 Å². The Balaban J connectivity index is 1.49. The molecule has 0 aliphatic heterocycles. The van der Waals surface area contributed by atoms with E-state index in [1.54, 1.807) is 11.3 Å². The van der Waals surface area contributed by atoms with Crippen LogP contribution in [-0.4, -0.2) is 33.0 Å². The molecule has 0 aliphatic carbocycles. The van der Waals surface area contributed by atoms with Gasteiger partial charge >= 0.3 is 6.18 Å². The van der Waals surface area contributed by atoms with Crippen molar-refractivity contribution in [2.45, 2.75) is 11.3 Å². The molecule has 0 spiro atoms. The molecular formula is C19H15F3N4OS2. The fourth-order valence-electron chi connectivity index (χ4n) is 2.30. The Bertz CT molecular complexity index is 1050. The van der Waals surface area contributed by atoms with Gasteiger partial charge in [-0.1, -0.05) is 35.7 Å². The van der Waals surface area contributed by atoms with Crippen LogP contribution in [0.1, 0.15) is 11.1 Å². The number of aromatic nitrogens is 3. The summed E-state index contributed by atoms with van der Waals surface area (Å²) < 4.78 is 39.9. The number of benzene rings is 1. The number of nitrogens with zero attached hydrogens (tertiary/aromatic N) is 3. The van der Waals surface area contributed by atoms with Gasteiger partial charge < -0.3 is 9.88 Å². The second-order valence-corrected chi connectivity index (χ2v) is 7.68. The van der Waals surface area contributed by atoms with Crippen molar-refractivity contribution in [1.82, 2.24) is 20.1 Å². The SMILES string of the molecule is Cn1c(SCC(=O)NCC#Cc2cccc(C(F)(F)F)c2)nnc1-c1cccs1. The van der Waals surface area contributed by atoms with E-state index in [-0.39, 0.29) is 23.8 Å². The lowest BCUT2D eigenvalue weighted by Gasteiger charge is -2.05. The third kappa shape index (κ3) is 5.62. The zero-order chi connectivity index (χ0) is 20.9. The van der Waals surface area contributed by atoms with Crippen molar-refractivity contribution in [3.8, 4) is 22.5 Å². The molecule has 2 heterocycles. The number of alkyl halides is 3. The first-order chi connectivity index (χ1) is 13.8. The van der Waals surface area contributed by atoms with E-state index in [9.17, 15) is 18.0 Å². The highest BCUT2D eigenvalue weighted by Crippen LogP contribution is 2.29. The molecule has 0 saturated heterocycles. The Morgan fingerprint density at radius 2 is 2.10 bits per heavy atom. The molecule has 0 radical (unpaired) electrons. The minimum absolute atomic E-state index is 0.0366. The molecule has 3 aromatic rings. The predicted octanol–water partition coefficient (Wildman–Crippen LogP) is 3.82. The van der Waals surface area contributed by atoms with Gasteiger partial charge in [0.05, 0.1) is 22.7 Å². The molecule has 29 heavy (non-hydrogen) atoms. The number of carbonyl (C=O) groups excluding carboxylic acids is 1. The number of amides is 1. The number of thiophene rings is 1. The van der Waals surface area contributed by atoms with Crippen molar-refractivity contribution in [3.05, 3.63) is 52.9 Å². The van der Waals surface area contributed by atoms with Crippen LogP contribution in [0.4, 0.5) is 13.2 Å². The van der Waals surface area contributed by atoms with Crippen LogP contribution in [-0.2, 0) is 18.0 Å². The smallest absolute Gasteiger partial charge is 0.344 e. The van der Waals surface area contributed by atoms with Crippen molar-refractivity contribution in [2.24, 2.45) is 7.05 Å². The first-order valence-electron chi connectivity index (χ1n) is 8.33. The second-order valence-electron chi connectivity index (χ2n) is 5.79. The molecule has 1 amide bonds. The van der Waals surface area contributed by atoms with E-state index >= 15 is 0 Å². The molecular weight excluding hydrogens is 421 g/mol. The quantitative estimate of drug-likeness (QED) is 0.488. The second kappa shape index (κ2) is 9.15. The van der Waals surface area contributed by atoms with Crippen LogP contribution in [0.15, 0.2) is 46.9 Å². The van der Waals surface area contributed by atoms with Crippen molar-refractivity contribution in [3.63, 3.8) is 0 Å². The molecule has 3 rings (SSSR count). The van der Waals surface area contributed by atoms with Crippen LogP contribution >= 0.6 is 23.1 Å². The Kier molecular flexibility index (Phi) is 6.61. The van der Waals surface area contributed by atoms with Gasteiger partial charge in [0.15, 0.2) is 11.0 Å². The van der Waals surface area contributed by atoms with Gasteiger partial charge in [0, 0.05) is 12.6 Å². The molecule has 0 aliphatic rings. The van der Waals surface area contributed by atoms with Gasteiger partial charge in [0.1, 0.15) is 0 Å². The fraction of sp³-hybridized carbons (Fsp3) is 0.211. The Morgan fingerprint density at radius 1 is 1.28 bits per heavy atom. The van der Waals surface area contributed by atoms with Gasteiger partial charge in [-0.15, -0.1) is 21.5 Å². The van der Waals surface area contributed by atoms with Crippen molar-refractivity contribution >= 4 is 29.0 Å². The van der Waals surface area contributed by atoms with E-state index in [2.05, 4.69) is 27.4 Å². The van der Waals surface area contributed by atoms with Crippen molar-refractivity contribution < 1.29 is 18.0 Å². The predicted molar refractivity (Wildman–Crippen MR) is 106 cm³/mol. The van der Waals surface area contributed by atoms with Crippen molar-refractivity contribution in [1.29, 1.82) is 0 Å². The Hall–Kier alpha value is -2.77. The van der Waals surface area contributed by atoms with Gasteiger partial charge in [-0.05, 0) is 29.6 Å². The number of rotatable bonds is 5. The Morgan fingerprint density at radius 3 is 2.83 bits per heavy atom. The first kappa shape index (κ1) is 21.0. The average Bonchev–Trinajstić information content (AvgIpc) is 3.33. The maximum atomic E-state index is 12.7. The zero-order valence-electron chi connectivity index (χ0n) is 15.2. The summed E-state index contributed by atoms with van der Waals surface area (Å²) in [5.41, 5.74) is -0.515. The molecule has 2 aromatic heterocycles. The van der Waals surface area contributed by atoms with E-state index < -0.39 is 11.7 Å². The first-order valence-corrected chi connectivity index (χ1v) is 10.2. The number of thioether (sulfide) groups is 1. The monoisotopic (exact) mass is 436 g/mol. The highest BCUT2D eigenvalue weighted by molar-refractivity contribution is 7.99. The minimum atomic E-state index is -4.41.